The van der Waals surface area contributed by atoms with Crippen LogP contribution in [0.2, 0.25) is 0 Å². The average Bonchev–Trinajstić information content (AvgIpc) is 2.94. The van der Waals surface area contributed by atoms with Crippen LogP contribution >= 0.6 is 0 Å². The minimum Gasteiger partial charge on any atom is -0.392 e. The molecule has 6 atom stereocenters. The lowest BCUT2D eigenvalue weighted by atomic mass is 9.61. The van der Waals surface area contributed by atoms with Crippen LogP contribution < -0.4 is 0 Å². The molecule has 0 radical (unpaired) electrons. The smallest absolute Gasteiger partial charge is 0.0627 e. The van der Waals surface area contributed by atoms with Gasteiger partial charge in [-0.05, 0) is 68.1 Å². The zero-order chi connectivity index (χ0) is 18.2. The maximum absolute atomic E-state index is 10.1. The minimum atomic E-state index is -0.397. The van der Waals surface area contributed by atoms with Crippen molar-refractivity contribution in [1.29, 1.82) is 0 Å². The molecule has 142 valence electrons. The molecule has 0 aromatic rings. The van der Waals surface area contributed by atoms with Gasteiger partial charge in [-0.25, -0.2) is 0 Å². The molecule has 3 rings (SSSR count). The van der Waals surface area contributed by atoms with E-state index in [1.54, 1.807) is 5.57 Å². The van der Waals surface area contributed by atoms with Gasteiger partial charge in [0, 0.05) is 5.92 Å². The largest absolute Gasteiger partial charge is 0.392 e. The molecule has 0 saturated heterocycles. The van der Waals surface area contributed by atoms with E-state index < -0.39 is 12.2 Å². The van der Waals surface area contributed by atoms with E-state index >= 15 is 0 Å². The van der Waals surface area contributed by atoms with E-state index in [1.165, 1.54) is 44.1 Å². The van der Waals surface area contributed by atoms with Crippen molar-refractivity contribution in [2.45, 2.75) is 91.3 Å². The van der Waals surface area contributed by atoms with Crippen LogP contribution in [0.1, 0.15) is 79.1 Å². The van der Waals surface area contributed by atoms with Crippen molar-refractivity contribution in [2.24, 2.45) is 29.1 Å². The summed E-state index contributed by atoms with van der Waals surface area (Å²) in [6.07, 6.45) is 13.2. The van der Waals surface area contributed by atoms with E-state index in [0.29, 0.717) is 5.41 Å². The molecule has 3 aliphatic rings. The lowest BCUT2D eigenvalue weighted by Crippen LogP contribution is -2.36. The Balaban J connectivity index is 1.77. The van der Waals surface area contributed by atoms with E-state index in [-0.39, 0.29) is 5.92 Å². The molecule has 2 nitrogen and oxygen atoms in total. The van der Waals surface area contributed by atoms with Crippen LogP contribution in [0.4, 0.5) is 0 Å². The Kier molecular flexibility index (Phi) is 5.80. The Hall–Kier alpha value is -0.600. The third-order valence-electron chi connectivity index (χ3n) is 8.06. The highest BCUT2D eigenvalue weighted by atomic mass is 16.3. The molecular weight excluding hydrogens is 308 g/mol. The lowest BCUT2D eigenvalue weighted by molar-refractivity contribution is 0.00407. The van der Waals surface area contributed by atoms with E-state index in [2.05, 4.69) is 32.9 Å². The van der Waals surface area contributed by atoms with Crippen molar-refractivity contribution in [1.82, 2.24) is 0 Å². The molecule has 1 unspecified atom stereocenters. The molecule has 0 aliphatic heterocycles. The fourth-order valence-electron chi connectivity index (χ4n) is 6.11. The average molecular weight is 347 g/mol. The summed E-state index contributed by atoms with van der Waals surface area (Å²) in [6.45, 7) is 9.29. The summed E-state index contributed by atoms with van der Waals surface area (Å²) >= 11 is 0. The van der Waals surface area contributed by atoms with Crippen LogP contribution in [0.25, 0.3) is 0 Å². The summed E-state index contributed by atoms with van der Waals surface area (Å²) in [7, 11) is 0. The topological polar surface area (TPSA) is 40.5 Å². The number of hydrogen-bond donors (Lipinski definition) is 2. The monoisotopic (exact) mass is 346 g/mol. The van der Waals surface area contributed by atoms with Gasteiger partial charge >= 0.3 is 0 Å². The van der Waals surface area contributed by atoms with Gasteiger partial charge < -0.3 is 10.2 Å². The number of aliphatic hydroxyl groups excluding tert-OH is 2. The molecule has 25 heavy (non-hydrogen) atoms. The first kappa shape index (κ1) is 19.2. The molecule has 3 aliphatic carbocycles. The normalized spacial score (nSPS) is 44.6. The molecule has 0 bridgehead atoms. The SMILES string of the molecule is CC[C@H](C)C1CC[C@H]2C(=CC=C3C[C@@H](O)C(C)[C@H](O)C3)CCC[C@]12C. The predicted molar refractivity (Wildman–Crippen MR) is 104 cm³/mol. The Morgan fingerprint density at radius 3 is 2.48 bits per heavy atom. The summed E-state index contributed by atoms with van der Waals surface area (Å²) < 4.78 is 0. The standard InChI is InChI=1S/C23H38O2/c1-5-15(2)19-10-11-20-18(7-6-12-23(19,20)4)9-8-17-13-21(24)16(3)22(25)14-17/h8-9,15-16,19-22,24-25H,5-7,10-14H2,1-4H3/t15-,16?,19?,20-,21+,22+,23+/m0/s1. The van der Waals surface area contributed by atoms with Crippen LogP contribution in [0, 0.1) is 29.1 Å². The second-order valence-electron chi connectivity index (χ2n) is 9.45. The number of fused-ring (bicyclic) bond motifs is 1. The van der Waals surface area contributed by atoms with E-state index in [9.17, 15) is 10.2 Å². The van der Waals surface area contributed by atoms with Crippen molar-refractivity contribution >= 4 is 0 Å². The first-order valence-electron chi connectivity index (χ1n) is 10.6. The third kappa shape index (κ3) is 3.62. The van der Waals surface area contributed by atoms with E-state index in [1.807, 2.05) is 6.92 Å². The summed E-state index contributed by atoms with van der Waals surface area (Å²) in [4.78, 5) is 0. The Bertz CT molecular complexity index is 520. The summed E-state index contributed by atoms with van der Waals surface area (Å²) in [5.74, 6) is 2.44. The number of allylic oxidation sites excluding steroid dienone is 3. The van der Waals surface area contributed by atoms with Gasteiger partial charge in [-0.3, -0.25) is 0 Å². The van der Waals surface area contributed by atoms with E-state index in [0.717, 1.165) is 30.6 Å². The zero-order valence-corrected chi connectivity index (χ0v) is 16.7. The van der Waals surface area contributed by atoms with Gasteiger partial charge in [0.2, 0.25) is 0 Å². The molecule has 0 aromatic heterocycles. The van der Waals surface area contributed by atoms with Gasteiger partial charge in [0.15, 0.2) is 0 Å². The van der Waals surface area contributed by atoms with Crippen LogP contribution in [0.3, 0.4) is 0 Å². The summed E-state index contributed by atoms with van der Waals surface area (Å²) in [6, 6.07) is 0. The fourth-order valence-corrected chi connectivity index (χ4v) is 6.11. The first-order chi connectivity index (χ1) is 11.9. The quantitative estimate of drug-likeness (QED) is 0.732. The van der Waals surface area contributed by atoms with Crippen LogP contribution in [0.15, 0.2) is 23.3 Å². The lowest BCUT2D eigenvalue weighted by Gasteiger charge is -2.44. The van der Waals surface area contributed by atoms with Crippen molar-refractivity contribution < 1.29 is 10.2 Å². The van der Waals surface area contributed by atoms with Gasteiger partial charge in [0.25, 0.3) is 0 Å². The highest BCUT2D eigenvalue weighted by molar-refractivity contribution is 5.26. The van der Waals surface area contributed by atoms with Gasteiger partial charge in [0.1, 0.15) is 0 Å². The van der Waals surface area contributed by atoms with Gasteiger partial charge in [-0.2, -0.15) is 0 Å². The first-order valence-corrected chi connectivity index (χ1v) is 10.6. The predicted octanol–water partition coefficient (Wildman–Crippen LogP) is 5.25. The minimum absolute atomic E-state index is 0.00565. The molecule has 0 spiro atoms. The Morgan fingerprint density at radius 1 is 1.16 bits per heavy atom. The molecule has 0 amide bonds. The second-order valence-corrected chi connectivity index (χ2v) is 9.45. The number of rotatable bonds is 3. The van der Waals surface area contributed by atoms with Crippen LogP contribution in [0.5, 0.6) is 0 Å². The maximum Gasteiger partial charge on any atom is 0.0627 e. The van der Waals surface area contributed by atoms with Gasteiger partial charge in [-0.15, -0.1) is 0 Å². The van der Waals surface area contributed by atoms with Crippen molar-refractivity contribution in [3.8, 4) is 0 Å². The van der Waals surface area contributed by atoms with Crippen LogP contribution in [-0.4, -0.2) is 22.4 Å². The zero-order valence-electron chi connectivity index (χ0n) is 16.7. The van der Waals surface area contributed by atoms with Crippen LogP contribution in [-0.2, 0) is 0 Å². The molecular formula is C23H38O2. The Labute approximate surface area is 154 Å². The highest BCUT2D eigenvalue weighted by Crippen LogP contribution is 2.59. The Morgan fingerprint density at radius 2 is 1.84 bits per heavy atom. The molecule has 3 saturated carbocycles. The van der Waals surface area contributed by atoms with Gasteiger partial charge in [0.05, 0.1) is 12.2 Å². The fraction of sp³-hybridized carbons (Fsp3) is 0.826. The second kappa shape index (κ2) is 7.56. The summed E-state index contributed by atoms with van der Waals surface area (Å²) in [5, 5.41) is 20.3. The summed E-state index contributed by atoms with van der Waals surface area (Å²) in [5.41, 5.74) is 3.34. The molecule has 2 N–H and O–H groups in total. The maximum atomic E-state index is 10.1. The van der Waals surface area contributed by atoms with Crippen molar-refractivity contribution in [3.05, 3.63) is 23.3 Å². The number of aliphatic hydroxyl groups is 2. The van der Waals surface area contributed by atoms with E-state index in [4.69, 9.17) is 0 Å². The molecule has 0 heterocycles. The van der Waals surface area contributed by atoms with Gasteiger partial charge in [-0.1, -0.05) is 57.4 Å². The highest BCUT2D eigenvalue weighted by Gasteiger charge is 2.50. The third-order valence-corrected chi connectivity index (χ3v) is 8.06. The molecule has 0 aromatic carbocycles. The molecule has 2 heteroatoms. The van der Waals surface area contributed by atoms with Crippen molar-refractivity contribution in [3.63, 3.8) is 0 Å². The number of hydrogen-bond acceptors (Lipinski definition) is 2. The molecule has 3 fully saturated rings. The van der Waals surface area contributed by atoms with Crippen molar-refractivity contribution in [2.75, 3.05) is 0 Å².